The average Bonchev–Trinajstić information content (AvgIpc) is 2.42. The molecule has 8 heteroatoms. The summed E-state index contributed by atoms with van der Waals surface area (Å²) in [4.78, 5) is 11.4. The van der Waals surface area contributed by atoms with E-state index in [2.05, 4.69) is 0 Å². The van der Waals surface area contributed by atoms with E-state index in [-0.39, 0.29) is 11.3 Å². The van der Waals surface area contributed by atoms with Gasteiger partial charge in [-0.25, -0.2) is 4.79 Å². The number of nitrogens with one attached hydrogen (secondary N) is 1. The summed E-state index contributed by atoms with van der Waals surface area (Å²) in [7, 11) is 2.71. The molecule has 0 radical (unpaired) electrons. The molecule has 0 aliphatic carbocycles. The van der Waals surface area contributed by atoms with E-state index in [4.69, 9.17) is 9.47 Å². The zero-order chi connectivity index (χ0) is 16.3. The molecule has 1 unspecified atom stereocenters. The van der Waals surface area contributed by atoms with Crippen LogP contribution in [0.4, 0.5) is 13.2 Å². The Morgan fingerprint density at radius 2 is 1.90 bits per heavy atom. The monoisotopic (exact) mass is 307 g/mol. The number of carbonyl (C=O) groups is 1. The highest BCUT2D eigenvalue weighted by atomic mass is 19.4. The van der Waals surface area contributed by atoms with Gasteiger partial charge < -0.3 is 14.6 Å². The summed E-state index contributed by atoms with van der Waals surface area (Å²) in [5.74, 6) is -0.927. The molecule has 0 saturated heterocycles. The second-order valence-electron chi connectivity index (χ2n) is 4.47. The quantitative estimate of drug-likeness (QED) is 0.843. The summed E-state index contributed by atoms with van der Waals surface area (Å²) < 4.78 is 47.1. The normalized spacial score (nSPS) is 14.4. The summed E-state index contributed by atoms with van der Waals surface area (Å²) in [6.07, 6.45) is -4.53. The van der Waals surface area contributed by atoms with E-state index < -0.39 is 24.2 Å². The van der Waals surface area contributed by atoms with Crippen molar-refractivity contribution in [3.8, 4) is 11.5 Å². The molecule has 0 aromatic heterocycles. The van der Waals surface area contributed by atoms with Crippen molar-refractivity contribution < 1.29 is 32.5 Å². The van der Waals surface area contributed by atoms with Gasteiger partial charge >= 0.3 is 12.1 Å². The molecule has 0 amide bonds. The third kappa shape index (κ3) is 4.01. The van der Waals surface area contributed by atoms with Crippen LogP contribution in [0.25, 0.3) is 0 Å². The van der Waals surface area contributed by atoms with Crippen molar-refractivity contribution >= 4 is 5.97 Å². The van der Waals surface area contributed by atoms with Crippen LogP contribution in [0.1, 0.15) is 12.5 Å². The molecule has 21 heavy (non-hydrogen) atoms. The predicted molar refractivity (Wildman–Crippen MR) is 68.6 cm³/mol. The van der Waals surface area contributed by atoms with Gasteiger partial charge in [0, 0.05) is 11.6 Å². The zero-order valence-corrected chi connectivity index (χ0v) is 11.7. The zero-order valence-electron chi connectivity index (χ0n) is 11.7. The number of hydrogen-bond donors (Lipinski definition) is 2. The summed E-state index contributed by atoms with van der Waals surface area (Å²) >= 11 is 0. The van der Waals surface area contributed by atoms with Crippen LogP contribution in [0.15, 0.2) is 18.2 Å². The minimum atomic E-state index is -4.53. The molecule has 0 spiro atoms. The number of alkyl halides is 3. The van der Waals surface area contributed by atoms with Crippen molar-refractivity contribution in [1.29, 1.82) is 0 Å². The van der Waals surface area contributed by atoms with Gasteiger partial charge in [-0.05, 0) is 19.1 Å². The minimum absolute atomic E-state index is 0.0718. The van der Waals surface area contributed by atoms with E-state index in [1.807, 2.05) is 5.32 Å². The van der Waals surface area contributed by atoms with Crippen LogP contribution in [0.5, 0.6) is 11.5 Å². The van der Waals surface area contributed by atoms with Gasteiger partial charge in [-0.1, -0.05) is 0 Å². The van der Waals surface area contributed by atoms with E-state index in [0.717, 1.165) is 6.92 Å². The second-order valence-corrected chi connectivity index (χ2v) is 4.47. The Morgan fingerprint density at radius 1 is 1.29 bits per heavy atom. The van der Waals surface area contributed by atoms with Crippen molar-refractivity contribution in [3.63, 3.8) is 0 Å². The number of halogens is 3. The first kappa shape index (κ1) is 17.1. The Morgan fingerprint density at radius 3 is 2.33 bits per heavy atom. The molecule has 2 N–H and O–H groups in total. The topological polar surface area (TPSA) is 67.8 Å². The van der Waals surface area contributed by atoms with E-state index >= 15 is 0 Å². The molecule has 0 saturated carbocycles. The maximum atomic E-state index is 12.4. The van der Waals surface area contributed by atoms with Crippen molar-refractivity contribution in [2.45, 2.75) is 18.6 Å². The summed E-state index contributed by atoms with van der Waals surface area (Å²) in [6, 6.07) is 4.22. The number of hydrogen-bond acceptors (Lipinski definition) is 4. The van der Waals surface area contributed by atoms with Crippen molar-refractivity contribution in [3.05, 3.63) is 23.8 Å². The Labute approximate surface area is 119 Å². The predicted octanol–water partition coefficient (Wildman–Crippen LogP) is 2.16. The summed E-state index contributed by atoms with van der Waals surface area (Å²) in [6.45, 7) is -0.295. The van der Waals surface area contributed by atoms with Crippen molar-refractivity contribution in [1.82, 2.24) is 5.32 Å². The van der Waals surface area contributed by atoms with Gasteiger partial charge in [0.25, 0.3) is 0 Å². The van der Waals surface area contributed by atoms with Gasteiger partial charge in [-0.3, -0.25) is 5.32 Å². The molecule has 0 aliphatic heterocycles. The van der Waals surface area contributed by atoms with Gasteiger partial charge in [0.2, 0.25) is 0 Å². The standard InChI is InChI=1S/C13H16F3NO4/c1-12(11(18)19,17-7-13(14,15)16)9-5-4-8(20-2)6-10(9)21-3/h4-6,17H,7H2,1-3H3,(H,18,19). The largest absolute Gasteiger partial charge is 0.497 e. The Hall–Kier alpha value is -1.96. The van der Waals surface area contributed by atoms with Gasteiger partial charge in [-0.2, -0.15) is 13.2 Å². The first-order valence-corrected chi connectivity index (χ1v) is 5.91. The average molecular weight is 307 g/mol. The first-order valence-electron chi connectivity index (χ1n) is 5.91. The fourth-order valence-corrected chi connectivity index (χ4v) is 1.77. The number of carboxylic acids is 1. The van der Waals surface area contributed by atoms with Crippen molar-refractivity contribution in [2.24, 2.45) is 0 Å². The van der Waals surface area contributed by atoms with E-state index in [1.165, 1.54) is 32.4 Å². The van der Waals surface area contributed by atoms with Gasteiger partial charge in [0.05, 0.1) is 20.8 Å². The molecule has 118 valence electrons. The van der Waals surface area contributed by atoms with Crippen LogP contribution in [-0.4, -0.2) is 38.0 Å². The number of carboxylic acid groups (broad SMARTS) is 1. The SMILES string of the molecule is COc1ccc(C(C)(NCC(F)(F)F)C(=O)O)c(OC)c1. The molecular weight excluding hydrogens is 291 g/mol. The van der Waals surface area contributed by atoms with Crippen LogP contribution in [0.2, 0.25) is 0 Å². The molecular formula is C13H16F3NO4. The number of methoxy groups -OCH3 is 2. The molecule has 0 fully saturated rings. The summed E-state index contributed by atoms with van der Waals surface area (Å²) in [5.41, 5.74) is -1.88. The molecule has 0 bridgehead atoms. The highest BCUT2D eigenvalue weighted by Crippen LogP contribution is 2.34. The fraction of sp³-hybridized carbons (Fsp3) is 0.462. The second kappa shape index (κ2) is 6.21. The van der Waals surface area contributed by atoms with Gasteiger partial charge in [0.1, 0.15) is 17.0 Å². The number of ether oxygens (including phenoxy) is 2. The Kier molecular flexibility index (Phi) is 5.06. The first-order chi connectivity index (χ1) is 9.64. The number of aliphatic carboxylic acids is 1. The highest BCUT2D eigenvalue weighted by Gasteiger charge is 2.41. The molecule has 0 aliphatic rings. The van der Waals surface area contributed by atoms with E-state index in [1.54, 1.807) is 0 Å². The summed E-state index contributed by atoms with van der Waals surface area (Å²) in [5, 5.41) is 11.3. The van der Waals surface area contributed by atoms with Crippen LogP contribution in [0, 0.1) is 0 Å². The lowest BCUT2D eigenvalue weighted by atomic mass is 9.91. The van der Waals surface area contributed by atoms with Gasteiger partial charge in [0.15, 0.2) is 0 Å². The maximum Gasteiger partial charge on any atom is 0.401 e. The fourth-order valence-electron chi connectivity index (χ4n) is 1.77. The van der Waals surface area contributed by atoms with Crippen LogP contribution >= 0.6 is 0 Å². The van der Waals surface area contributed by atoms with Crippen LogP contribution < -0.4 is 14.8 Å². The molecule has 1 aromatic carbocycles. The number of benzene rings is 1. The van der Waals surface area contributed by atoms with Crippen LogP contribution in [0.3, 0.4) is 0 Å². The lowest BCUT2D eigenvalue weighted by Crippen LogP contribution is -2.50. The molecule has 5 nitrogen and oxygen atoms in total. The molecule has 1 aromatic rings. The third-order valence-electron chi connectivity index (χ3n) is 3.02. The minimum Gasteiger partial charge on any atom is -0.497 e. The van der Waals surface area contributed by atoms with Gasteiger partial charge in [-0.15, -0.1) is 0 Å². The van der Waals surface area contributed by atoms with E-state index in [9.17, 15) is 23.1 Å². The lowest BCUT2D eigenvalue weighted by Gasteiger charge is -2.29. The smallest absolute Gasteiger partial charge is 0.401 e. The number of rotatable bonds is 6. The molecule has 0 heterocycles. The maximum absolute atomic E-state index is 12.4. The third-order valence-corrected chi connectivity index (χ3v) is 3.02. The van der Waals surface area contributed by atoms with E-state index in [0.29, 0.717) is 5.75 Å². The molecule has 1 rings (SSSR count). The Bertz CT molecular complexity index is 519. The highest BCUT2D eigenvalue weighted by molar-refractivity contribution is 5.81. The van der Waals surface area contributed by atoms with Crippen LogP contribution in [-0.2, 0) is 10.3 Å². The Balaban J connectivity index is 3.24. The molecule has 1 atom stereocenters. The van der Waals surface area contributed by atoms with Crippen molar-refractivity contribution in [2.75, 3.05) is 20.8 Å². The lowest BCUT2D eigenvalue weighted by molar-refractivity contribution is -0.150.